The molecular formula is C21H22N2O8S. The molecule has 2 heterocycles. The highest BCUT2D eigenvalue weighted by Crippen LogP contribution is 2.33. The highest BCUT2D eigenvalue weighted by atomic mass is 32.2. The molecule has 1 saturated heterocycles. The zero-order valence-corrected chi connectivity index (χ0v) is 18.0. The summed E-state index contributed by atoms with van der Waals surface area (Å²) in [5.74, 6) is -0.475. The lowest BCUT2D eigenvalue weighted by molar-refractivity contribution is -0.385. The molecule has 0 aromatic heterocycles. The summed E-state index contributed by atoms with van der Waals surface area (Å²) in [7, 11) is -3.85. The minimum atomic E-state index is -3.85. The number of hydrogen-bond acceptors (Lipinski definition) is 8. The SMILES string of the molecule is O=C(OCc1cc([N+](=O)[O-])cc2c1OCOC2)c1ccccc1S(=O)(=O)N1CCCCC1. The van der Waals surface area contributed by atoms with Crippen LogP contribution >= 0.6 is 0 Å². The summed E-state index contributed by atoms with van der Waals surface area (Å²) in [6.07, 6.45) is 2.51. The molecule has 0 aliphatic carbocycles. The van der Waals surface area contributed by atoms with Gasteiger partial charge in [-0.05, 0) is 25.0 Å². The van der Waals surface area contributed by atoms with Gasteiger partial charge in [0.1, 0.15) is 12.4 Å². The molecule has 170 valence electrons. The van der Waals surface area contributed by atoms with Gasteiger partial charge in [0.25, 0.3) is 5.69 Å². The van der Waals surface area contributed by atoms with Crippen molar-refractivity contribution in [3.63, 3.8) is 0 Å². The fourth-order valence-corrected chi connectivity index (χ4v) is 5.52. The predicted octanol–water partition coefficient (Wildman–Crippen LogP) is 2.99. The summed E-state index contributed by atoms with van der Waals surface area (Å²) in [6, 6.07) is 8.51. The monoisotopic (exact) mass is 462 g/mol. The van der Waals surface area contributed by atoms with Gasteiger partial charge in [-0.1, -0.05) is 18.6 Å². The molecule has 0 atom stereocenters. The highest BCUT2D eigenvalue weighted by molar-refractivity contribution is 7.89. The maximum Gasteiger partial charge on any atom is 0.339 e. The van der Waals surface area contributed by atoms with Gasteiger partial charge >= 0.3 is 5.97 Å². The van der Waals surface area contributed by atoms with Crippen molar-refractivity contribution in [1.29, 1.82) is 0 Å². The van der Waals surface area contributed by atoms with Crippen molar-refractivity contribution in [3.05, 3.63) is 63.2 Å². The predicted molar refractivity (Wildman–Crippen MR) is 112 cm³/mol. The van der Waals surface area contributed by atoms with E-state index in [2.05, 4.69) is 0 Å². The van der Waals surface area contributed by atoms with Crippen molar-refractivity contribution in [2.24, 2.45) is 0 Å². The molecule has 2 aliphatic heterocycles. The largest absolute Gasteiger partial charge is 0.467 e. The van der Waals surface area contributed by atoms with Crippen molar-refractivity contribution in [2.75, 3.05) is 19.9 Å². The molecule has 0 bridgehead atoms. The summed E-state index contributed by atoms with van der Waals surface area (Å²) in [6.45, 7) is 0.606. The van der Waals surface area contributed by atoms with Gasteiger partial charge in [-0.2, -0.15) is 4.31 Å². The first-order valence-electron chi connectivity index (χ1n) is 10.1. The van der Waals surface area contributed by atoms with Gasteiger partial charge in [0.15, 0.2) is 6.79 Å². The minimum absolute atomic E-state index is 0.0251. The molecule has 0 N–H and O–H groups in total. The molecule has 11 heteroatoms. The van der Waals surface area contributed by atoms with Crippen molar-refractivity contribution < 1.29 is 32.3 Å². The lowest BCUT2D eigenvalue weighted by Gasteiger charge is -2.26. The van der Waals surface area contributed by atoms with Gasteiger partial charge in [-0.25, -0.2) is 13.2 Å². The fourth-order valence-electron chi connectivity index (χ4n) is 3.82. The van der Waals surface area contributed by atoms with Gasteiger partial charge in [0.05, 0.1) is 22.0 Å². The van der Waals surface area contributed by atoms with Crippen LogP contribution in [0.5, 0.6) is 5.75 Å². The van der Waals surface area contributed by atoms with Gasteiger partial charge in [-0.15, -0.1) is 0 Å². The number of carbonyl (C=O) groups excluding carboxylic acids is 1. The third-order valence-corrected chi connectivity index (χ3v) is 7.34. The average molecular weight is 462 g/mol. The van der Waals surface area contributed by atoms with Gasteiger partial charge in [-0.3, -0.25) is 10.1 Å². The van der Waals surface area contributed by atoms with E-state index < -0.39 is 20.9 Å². The second-order valence-corrected chi connectivity index (χ2v) is 9.40. The summed E-state index contributed by atoms with van der Waals surface area (Å²) < 4.78 is 43.6. The first-order valence-corrected chi connectivity index (χ1v) is 11.6. The van der Waals surface area contributed by atoms with Crippen LogP contribution in [0.25, 0.3) is 0 Å². The number of non-ortho nitro benzene ring substituents is 1. The molecule has 0 saturated carbocycles. The minimum Gasteiger partial charge on any atom is -0.467 e. The number of benzene rings is 2. The molecule has 10 nitrogen and oxygen atoms in total. The van der Waals surface area contributed by atoms with E-state index in [1.807, 2.05) is 0 Å². The third-order valence-electron chi connectivity index (χ3n) is 5.38. The van der Waals surface area contributed by atoms with Crippen LogP contribution in [0.15, 0.2) is 41.3 Å². The maximum absolute atomic E-state index is 13.1. The third kappa shape index (κ3) is 4.45. The van der Waals surface area contributed by atoms with Crippen LogP contribution < -0.4 is 4.74 Å². The molecule has 0 amide bonds. The van der Waals surface area contributed by atoms with E-state index in [9.17, 15) is 23.3 Å². The maximum atomic E-state index is 13.1. The van der Waals surface area contributed by atoms with E-state index in [0.29, 0.717) is 30.0 Å². The van der Waals surface area contributed by atoms with Gasteiger partial charge < -0.3 is 14.2 Å². The number of rotatable bonds is 6. The van der Waals surface area contributed by atoms with Crippen molar-refractivity contribution in [3.8, 4) is 5.75 Å². The van der Waals surface area contributed by atoms with E-state index in [4.69, 9.17) is 14.2 Å². The van der Waals surface area contributed by atoms with E-state index in [-0.39, 0.29) is 36.2 Å². The average Bonchev–Trinajstić information content (AvgIpc) is 2.82. The van der Waals surface area contributed by atoms with Crippen LogP contribution in [0.1, 0.15) is 40.7 Å². The number of hydrogen-bond donors (Lipinski definition) is 0. The Morgan fingerprint density at radius 1 is 1.16 bits per heavy atom. The molecule has 0 radical (unpaired) electrons. The Kier molecular flexibility index (Phi) is 6.40. The van der Waals surface area contributed by atoms with Crippen LogP contribution in [0.3, 0.4) is 0 Å². The molecule has 2 aromatic carbocycles. The van der Waals surface area contributed by atoms with Crippen molar-refractivity contribution in [1.82, 2.24) is 4.31 Å². The van der Waals surface area contributed by atoms with Crippen LogP contribution in [0.2, 0.25) is 0 Å². The summed E-state index contributed by atoms with van der Waals surface area (Å²) >= 11 is 0. The van der Waals surface area contributed by atoms with Gasteiger partial charge in [0.2, 0.25) is 10.0 Å². The first-order chi connectivity index (χ1) is 15.4. The lowest BCUT2D eigenvalue weighted by Crippen LogP contribution is -2.36. The molecule has 32 heavy (non-hydrogen) atoms. The Morgan fingerprint density at radius 2 is 1.91 bits per heavy atom. The van der Waals surface area contributed by atoms with Crippen LogP contribution in [0.4, 0.5) is 5.69 Å². The number of esters is 1. The van der Waals surface area contributed by atoms with Crippen molar-refractivity contribution in [2.45, 2.75) is 37.4 Å². The number of fused-ring (bicyclic) bond motifs is 1. The Hall–Kier alpha value is -3.02. The number of nitro groups is 1. The number of piperidine rings is 1. The van der Waals surface area contributed by atoms with E-state index in [1.165, 1.54) is 28.6 Å². The van der Waals surface area contributed by atoms with Crippen LogP contribution in [-0.4, -0.2) is 43.5 Å². The lowest BCUT2D eigenvalue weighted by atomic mass is 10.1. The molecule has 1 fully saturated rings. The fraction of sp³-hybridized carbons (Fsp3) is 0.381. The number of sulfonamides is 1. The van der Waals surface area contributed by atoms with E-state index in [0.717, 1.165) is 19.3 Å². The first kappa shape index (κ1) is 22.2. The summed E-state index contributed by atoms with van der Waals surface area (Å²) in [4.78, 5) is 23.4. The summed E-state index contributed by atoms with van der Waals surface area (Å²) in [5.41, 5.74) is 0.519. The molecule has 2 aromatic rings. The Balaban J connectivity index is 1.59. The second kappa shape index (κ2) is 9.23. The Morgan fingerprint density at radius 3 is 2.66 bits per heavy atom. The topological polar surface area (TPSA) is 125 Å². The molecular weight excluding hydrogens is 440 g/mol. The number of nitro benzene ring substituents is 1. The zero-order chi connectivity index (χ0) is 22.7. The zero-order valence-electron chi connectivity index (χ0n) is 17.2. The van der Waals surface area contributed by atoms with Gasteiger partial charge in [0, 0.05) is 36.3 Å². The number of ether oxygens (including phenoxy) is 3. The number of carbonyl (C=O) groups is 1. The highest BCUT2D eigenvalue weighted by Gasteiger charge is 2.30. The molecule has 0 spiro atoms. The van der Waals surface area contributed by atoms with Crippen molar-refractivity contribution >= 4 is 21.7 Å². The van der Waals surface area contributed by atoms with E-state index >= 15 is 0 Å². The second-order valence-electron chi connectivity index (χ2n) is 7.50. The molecule has 2 aliphatic rings. The summed E-state index contributed by atoms with van der Waals surface area (Å²) in [5, 5.41) is 11.2. The molecule has 0 unspecified atom stereocenters. The normalized spacial score (nSPS) is 16.6. The van der Waals surface area contributed by atoms with Crippen LogP contribution in [0, 0.1) is 10.1 Å². The Labute approximate surface area is 184 Å². The Bertz CT molecular complexity index is 1140. The van der Waals surface area contributed by atoms with E-state index in [1.54, 1.807) is 12.1 Å². The quantitative estimate of drug-likeness (QED) is 0.364. The number of nitrogens with zero attached hydrogens (tertiary/aromatic N) is 2. The molecule has 4 rings (SSSR count). The smallest absolute Gasteiger partial charge is 0.339 e. The standard InChI is InChI=1S/C21H22N2O8S/c24-21(18-6-2-3-7-19(18)32(27,28)22-8-4-1-5-9-22)30-13-16-11-17(23(25)26)10-15-12-29-14-31-20(15)16/h2-3,6-7,10-11H,1,4-5,8-9,12-14H2. The van der Waals surface area contributed by atoms with Crippen LogP contribution in [-0.2, 0) is 32.7 Å².